The second kappa shape index (κ2) is 4.69. The third-order valence-electron chi connectivity index (χ3n) is 2.41. The molecule has 76 valence electrons. The van der Waals surface area contributed by atoms with Crippen LogP contribution in [0.2, 0.25) is 0 Å². The molecule has 4 heteroatoms. The Morgan fingerprint density at radius 3 is 2.43 bits per heavy atom. The summed E-state index contributed by atoms with van der Waals surface area (Å²) in [4.78, 5) is 13.7. The van der Waals surface area contributed by atoms with Crippen LogP contribution < -0.4 is 0 Å². The summed E-state index contributed by atoms with van der Waals surface area (Å²) in [6, 6.07) is 3.26. The van der Waals surface area contributed by atoms with Gasteiger partial charge < -0.3 is 10.1 Å². The van der Waals surface area contributed by atoms with Crippen LogP contribution in [0.1, 0.15) is 38.2 Å². The van der Waals surface area contributed by atoms with Gasteiger partial charge in [-0.25, -0.2) is 0 Å². The molecule has 0 unspecified atom stereocenters. The van der Waals surface area contributed by atoms with Gasteiger partial charge in [-0.1, -0.05) is 13.8 Å². The van der Waals surface area contributed by atoms with Crippen LogP contribution in [0.25, 0.3) is 0 Å². The second-order valence-corrected chi connectivity index (χ2v) is 3.22. The highest BCUT2D eigenvalue weighted by atomic mass is 16.6. The number of nitro groups is 1. The lowest BCUT2D eigenvalue weighted by molar-refractivity contribution is -0.389. The Balaban J connectivity index is 2.87. The molecular formula is C10H14N2O2. The molecule has 0 aliphatic heterocycles. The molecule has 1 rings (SSSR count). The van der Waals surface area contributed by atoms with E-state index in [9.17, 15) is 10.1 Å². The molecule has 0 aromatic carbocycles. The number of rotatable bonds is 4. The molecule has 4 nitrogen and oxygen atoms in total. The minimum absolute atomic E-state index is 0.0836. The van der Waals surface area contributed by atoms with Crippen molar-refractivity contribution in [2.75, 3.05) is 0 Å². The van der Waals surface area contributed by atoms with Gasteiger partial charge in [-0.15, -0.1) is 0 Å². The van der Waals surface area contributed by atoms with Crippen LogP contribution in [0.3, 0.4) is 0 Å². The molecular weight excluding hydrogens is 180 g/mol. The Kier molecular flexibility index (Phi) is 3.56. The first-order valence-electron chi connectivity index (χ1n) is 4.79. The highest BCUT2D eigenvalue weighted by Crippen LogP contribution is 2.22. The van der Waals surface area contributed by atoms with Gasteiger partial charge in [0.15, 0.2) is 0 Å². The quantitative estimate of drug-likeness (QED) is 0.547. The van der Waals surface area contributed by atoms with Crippen molar-refractivity contribution in [1.82, 2.24) is 4.98 Å². The smallest absolute Gasteiger partial charge is 0.358 e. The number of hydrogen-bond acceptors (Lipinski definition) is 3. The molecule has 1 aromatic heterocycles. The van der Waals surface area contributed by atoms with Crippen molar-refractivity contribution in [2.24, 2.45) is 0 Å². The standard InChI is InChI=1S/C10H14N2O2/c1-3-8(4-2)9-5-6-10(11-7-9)12(13)14/h5-8H,3-4H2,1-2H3. The fourth-order valence-electron chi connectivity index (χ4n) is 1.51. The van der Waals surface area contributed by atoms with Gasteiger partial charge in [0.1, 0.15) is 6.20 Å². The maximum Gasteiger partial charge on any atom is 0.363 e. The normalized spacial score (nSPS) is 10.5. The van der Waals surface area contributed by atoms with E-state index in [1.54, 1.807) is 12.3 Å². The van der Waals surface area contributed by atoms with Gasteiger partial charge in [-0.2, -0.15) is 0 Å². The molecule has 1 heterocycles. The molecule has 0 fully saturated rings. The van der Waals surface area contributed by atoms with Crippen LogP contribution in [0, 0.1) is 10.1 Å². The SMILES string of the molecule is CCC(CC)c1ccc([N+](=O)[O-])nc1. The first-order valence-corrected chi connectivity index (χ1v) is 4.79. The van der Waals surface area contributed by atoms with E-state index in [1.807, 2.05) is 0 Å². The lowest BCUT2D eigenvalue weighted by Gasteiger charge is -2.09. The summed E-state index contributed by atoms with van der Waals surface area (Å²) in [6.45, 7) is 4.21. The molecule has 0 N–H and O–H groups in total. The zero-order chi connectivity index (χ0) is 10.6. The van der Waals surface area contributed by atoms with Gasteiger partial charge in [0, 0.05) is 6.07 Å². The molecule has 0 atom stereocenters. The molecule has 0 aliphatic rings. The largest absolute Gasteiger partial charge is 0.363 e. The topological polar surface area (TPSA) is 56.0 Å². The van der Waals surface area contributed by atoms with Gasteiger partial charge in [0.25, 0.3) is 0 Å². The Morgan fingerprint density at radius 2 is 2.07 bits per heavy atom. The number of hydrogen-bond donors (Lipinski definition) is 0. The molecule has 0 bridgehead atoms. The van der Waals surface area contributed by atoms with Crippen LogP contribution in [0.4, 0.5) is 5.82 Å². The number of pyridine rings is 1. The minimum atomic E-state index is -0.476. The summed E-state index contributed by atoms with van der Waals surface area (Å²) in [5.74, 6) is 0.378. The van der Waals surface area contributed by atoms with Crippen LogP contribution in [-0.2, 0) is 0 Å². The molecule has 0 radical (unpaired) electrons. The van der Waals surface area contributed by atoms with Crippen molar-refractivity contribution >= 4 is 5.82 Å². The summed E-state index contributed by atoms with van der Waals surface area (Å²) in [5.41, 5.74) is 1.08. The zero-order valence-electron chi connectivity index (χ0n) is 8.43. The fraction of sp³-hybridized carbons (Fsp3) is 0.500. The van der Waals surface area contributed by atoms with E-state index in [0.29, 0.717) is 5.92 Å². The Labute approximate surface area is 83.1 Å². The highest BCUT2D eigenvalue weighted by molar-refractivity contribution is 5.25. The van der Waals surface area contributed by atoms with Crippen LogP contribution >= 0.6 is 0 Å². The maximum absolute atomic E-state index is 10.4. The summed E-state index contributed by atoms with van der Waals surface area (Å²) in [5, 5.41) is 10.4. The molecule has 0 aliphatic carbocycles. The molecule has 0 amide bonds. The Bertz CT molecular complexity index is 304. The Hall–Kier alpha value is -1.45. The van der Waals surface area contributed by atoms with Crippen molar-refractivity contribution in [1.29, 1.82) is 0 Å². The summed E-state index contributed by atoms with van der Waals surface area (Å²) >= 11 is 0. The predicted octanol–water partition coefficient (Wildman–Crippen LogP) is 2.89. The predicted molar refractivity (Wildman–Crippen MR) is 54.2 cm³/mol. The summed E-state index contributed by atoms with van der Waals surface area (Å²) in [6.07, 6.45) is 3.68. The van der Waals surface area contributed by atoms with E-state index < -0.39 is 4.92 Å². The van der Waals surface area contributed by atoms with Crippen molar-refractivity contribution in [3.8, 4) is 0 Å². The van der Waals surface area contributed by atoms with Crippen LogP contribution in [0.5, 0.6) is 0 Å². The summed E-state index contributed by atoms with van der Waals surface area (Å²) in [7, 11) is 0. The van der Waals surface area contributed by atoms with Crippen molar-refractivity contribution in [3.05, 3.63) is 34.0 Å². The van der Waals surface area contributed by atoms with E-state index in [1.165, 1.54) is 6.07 Å². The zero-order valence-corrected chi connectivity index (χ0v) is 8.43. The van der Waals surface area contributed by atoms with Gasteiger partial charge >= 0.3 is 5.82 Å². The van der Waals surface area contributed by atoms with E-state index in [4.69, 9.17) is 0 Å². The lowest BCUT2D eigenvalue weighted by atomic mass is 9.96. The summed E-state index contributed by atoms with van der Waals surface area (Å²) < 4.78 is 0. The van der Waals surface area contributed by atoms with E-state index >= 15 is 0 Å². The van der Waals surface area contributed by atoms with Crippen molar-refractivity contribution in [3.63, 3.8) is 0 Å². The first-order chi connectivity index (χ1) is 6.69. The minimum Gasteiger partial charge on any atom is -0.358 e. The molecule has 0 spiro atoms. The van der Waals surface area contributed by atoms with Crippen LogP contribution in [-0.4, -0.2) is 9.91 Å². The van der Waals surface area contributed by atoms with Crippen LogP contribution in [0.15, 0.2) is 18.3 Å². The average Bonchev–Trinajstić information content (AvgIpc) is 2.20. The maximum atomic E-state index is 10.4. The van der Waals surface area contributed by atoms with E-state index in [0.717, 1.165) is 18.4 Å². The van der Waals surface area contributed by atoms with Gasteiger partial charge in [-0.05, 0) is 40.3 Å². The third-order valence-corrected chi connectivity index (χ3v) is 2.41. The van der Waals surface area contributed by atoms with Gasteiger partial charge in [0.05, 0.1) is 0 Å². The van der Waals surface area contributed by atoms with Gasteiger partial charge in [-0.3, -0.25) is 0 Å². The monoisotopic (exact) mass is 194 g/mol. The van der Waals surface area contributed by atoms with Crippen molar-refractivity contribution in [2.45, 2.75) is 32.6 Å². The fourth-order valence-corrected chi connectivity index (χ4v) is 1.51. The first kappa shape index (κ1) is 10.6. The van der Waals surface area contributed by atoms with Gasteiger partial charge in [0.2, 0.25) is 0 Å². The third kappa shape index (κ3) is 2.28. The molecule has 0 saturated heterocycles. The number of aromatic nitrogens is 1. The van der Waals surface area contributed by atoms with Crippen molar-refractivity contribution < 1.29 is 4.92 Å². The number of nitrogens with zero attached hydrogens (tertiary/aromatic N) is 2. The second-order valence-electron chi connectivity index (χ2n) is 3.22. The van der Waals surface area contributed by atoms with E-state index in [2.05, 4.69) is 18.8 Å². The molecule has 0 saturated carbocycles. The average molecular weight is 194 g/mol. The Morgan fingerprint density at radius 1 is 1.43 bits per heavy atom. The highest BCUT2D eigenvalue weighted by Gasteiger charge is 2.11. The lowest BCUT2D eigenvalue weighted by Crippen LogP contribution is -1.98. The molecule has 14 heavy (non-hydrogen) atoms. The van der Waals surface area contributed by atoms with E-state index in [-0.39, 0.29) is 5.82 Å². The molecule has 1 aromatic rings.